The van der Waals surface area contributed by atoms with E-state index >= 15 is 0 Å². The zero-order valence-electron chi connectivity index (χ0n) is 40.8. The second kappa shape index (κ2) is 14.7. The fraction of sp³-hybridized carbons (Fsp3) is 0.169. The van der Waals surface area contributed by atoms with Crippen molar-refractivity contribution in [2.45, 2.75) is 71.6 Å². The first-order valence-corrected chi connectivity index (χ1v) is 24.6. The van der Waals surface area contributed by atoms with Crippen molar-refractivity contribution in [2.24, 2.45) is 0 Å². The summed E-state index contributed by atoms with van der Waals surface area (Å²) in [6.07, 6.45) is 0. The number of hydrogen-bond acceptors (Lipinski definition) is 3. The summed E-state index contributed by atoms with van der Waals surface area (Å²) in [5.41, 5.74) is 25.4. The topological polar surface area (TPSA) is 19.6 Å². The van der Waals surface area contributed by atoms with Crippen molar-refractivity contribution in [3.63, 3.8) is 0 Å². The second-order valence-corrected chi connectivity index (χ2v) is 22.2. The molecule has 9 aromatic carbocycles. The average molecular weight is 891 g/mol. The van der Waals surface area contributed by atoms with E-state index in [1.165, 1.54) is 89.3 Å². The van der Waals surface area contributed by atoms with Crippen molar-refractivity contribution in [1.82, 2.24) is 0 Å². The number of fused-ring (bicyclic) bond motifs is 10. The molecule has 0 radical (unpaired) electrons. The van der Waals surface area contributed by atoms with E-state index in [1.807, 2.05) is 6.07 Å². The maximum absolute atomic E-state index is 6.56. The van der Waals surface area contributed by atoms with Crippen LogP contribution in [-0.4, -0.2) is 6.71 Å². The molecule has 0 saturated heterocycles. The summed E-state index contributed by atoms with van der Waals surface area (Å²) in [5, 5.41) is 2.28. The summed E-state index contributed by atoms with van der Waals surface area (Å²) in [4.78, 5) is 5.17. The number of anilines is 6. The molecule has 2 aliphatic heterocycles. The molecule has 1 aliphatic carbocycles. The molecule has 0 unspecified atom stereocenters. The minimum atomic E-state index is -0.143. The smallest absolute Gasteiger partial charge is 0.252 e. The molecule has 0 N–H and O–H groups in total. The van der Waals surface area contributed by atoms with Crippen LogP contribution < -0.4 is 26.2 Å². The highest BCUT2D eigenvalue weighted by Crippen LogP contribution is 2.52. The Morgan fingerprint density at radius 3 is 1.81 bits per heavy atom. The first kappa shape index (κ1) is 41.6. The van der Waals surface area contributed by atoms with Gasteiger partial charge in [0.05, 0.1) is 0 Å². The minimum absolute atomic E-state index is 0.0146. The Labute approximate surface area is 406 Å². The van der Waals surface area contributed by atoms with Crippen LogP contribution in [0.2, 0.25) is 0 Å². The highest BCUT2D eigenvalue weighted by molar-refractivity contribution is 7.00. The molecule has 10 aromatic rings. The van der Waals surface area contributed by atoms with Crippen LogP contribution in [0.1, 0.15) is 77.6 Å². The number of hydrogen-bond donors (Lipinski definition) is 0. The van der Waals surface area contributed by atoms with Crippen LogP contribution in [0.5, 0.6) is 0 Å². The first-order valence-electron chi connectivity index (χ1n) is 24.6. The van der Waals surface area contributed by atoms with Crippen molar-refractivity contribution >= 4 is 79.2 Å². The van der Waals surface area contributed by atoms with Crippen molar-refractivity contribution in [3.8, 4) is 33.4 Å². The SMILES string of the molecule is CC(C)(C)c1ccc2c(c1)N(c1ccc(-c3cccc4c3oc3ccccc34)cc1)c1cc(C(C)(C)C)cc3c1B2c1cc(-c2ccccc2)ccc1N3c1ccc2c(c1)C(C)(C)c1ccccc1-2. The third kappa shape index (κ3) is 6.27. The van der Waals surface area contributed by atoms with Gasteiger partial charge in [-0.1, -0.05) is 189 Å². The van der Waals surface area contributed by atoms with E-state index < -0.39 is 0 Å². The molecule has 3 nitrogen and oxygen atoms in total. The Morgan fingerprint density at radius 2 is 1.04 bits per heavy atom. The lowest BCUT2D eigenvalue weighted by atomic mass is 9.33. The molecule has 0 bridgehead atoms. The van der Waals surface area contributed by atoms with Crippen LogP contribution in [0.4, 0.5) is 34.1 Å². The Bertz CT molecular complexity index is 3730. The zero-order chi connectivity index (χ0) is 47.1. The number of rotatable bonds is 4. The molecule has 334 valence electrons. The van der Waals surface area contributed by atoms with Crippen molar-refractivity contribution < 1.29 is 4.42 Å². The summed E-state index contributed by atoms with van der Waals surface area (Å²) in [5.74, 6) is 0. The Hall–Kier alpha value is -7.56. The molecule has 4 heteroatoms. The maximum atomic E-state index is 6.56. The van der Waals surface area contributed by atoms with E-state index in [2.05, 4.69) is 247 Å². The zero-order valence-corrected chi connectivity index (χ0v) is 40.8. The van der Waals surface area contributed by atoms with E-state index in [9.17, 15) is 0 Å². The fourth-order valence-electron chi connectivity index (χ4n) is 11.9. The Morgan fingerprint density at radius 1 is 0.420 bits per heavy atom. The van der Waals surface area contributed by atoms with Gasteiger partial charge in [-0.2, -0.15) is 0 Å². The van der Waals surface area contributed by atoms with Crippen LogP contribution in [0.15, 0.2) is 192 Å². The lowest BCUT2D eigenvalue weighted by Gasteiger charge is -2.45. The van der Waals surface area contributed by atoms with Crippen LogP contribution in [0, 0.1) is 0 Å². The molecule has 0 amide bonds. The van der Waals surface area contributed by atoms with Gasteiger partial charge in [-0.3, -0.25) is 0 Å². The van der Waals surface area contributed by atoms with E-state index in [1.54, 1.807) is 0 Å². The molecule has 3 aliphatic rings. The Balaban J connectivity index is 1.07. The van der Waals surface area contributed by atoms with Gasteiger partial charge in [-0.05, 0) is 132 Å². The largest absolute Gasteiger partial charge is 0.455 e. The lowest BCUT2D eigenvalue weighted by molar-refractivity contribution is 0.590. The van der Waals surface area contributed by atoms with E-state index in [-0.39, 0.29) is 23.0 Å². The number of furan rings is 1. The molecule has 3 heterocycles. The predicted octanol–water partition coefficient (Wildman–Crippen LogP) is 15.9. The van der Waals surface area contributed by atoms with Gasteiger partial charge >= 0.3 is 0 Å². The molecule has 0 atom stereocenters. The van der Waals surface area contributed by atoms with E-state index in [4.69, 9.17) is 4.42 Å². The maximum Gasteiger partial charge on any atom is 0.252 e. The van der Waals surface area contributed by atoms with Crippen LogP contribution in [0.3, 0.4) is 0 Å². The van der Waals surface area contributed by atoms with Gasteiger partial charge in [-0.25, -0.2) is 0 Å². The van der Waals surface area contributed by atoms with Gasteiger partial charge in [0.15, 0.2) is 0 Å². The van der Waals surface area contributed by atoms with Gasteiger partial charge in [0.2, 0.25) is 0 Å². The molecule has 1 aromatic heterocycles. The fourth-order valence-corrected chi connectivity index (χ4v) is 11.9. The van der Waals surface area contributed by atoms with Crippen molar-refractivity contribution in [3.05, 3.63) is 210 Å². The lowest BCUT2D eigenvalue weighted by Crippen LogP contribution is -2.61. The van der Waals surface area contributed by atoms with Crippen LogP contribution in [-0.2, 0) is 16.2 Å². The summed E-state index contributed by atoms with van der Waals surface area (Å²) < 4.78 is 6.56. The van der Waals surface area contributed by atoms with Crippen molar-refractivity contribution in [1.29, 1.82) is 0 Å². The van der Waals surface area contributed by atoms with Gasteiger partial charge in [0, 0.05) is 55.9 Å². The first-order chi connectivity index (χ1) is 33.2. The number of benzene rings is 9. The molecule has 69 heavy (non-hydrogen) atoms. The quantitative estimate of drug-likeness (QED) is 0.164. The average Bonchev–Trinajstić information content (AvgIpc) is 3.85. The Kier molecular flexibility index (Phi) is 8.88. The summed E-state index contributed by atoms with van der Waals surface area (Å²) in [6, 6.07) is 70.7. The molecule has 0 fully saturated rings. The monoisotopic (exact) mass is 890 g/mol. The standard InChI is InChI=1S/C65H55BN2O/c1-63(2,3)43-28-33-54-57(36-43)67(45-29-25-41(26-30-45)47-21-16-22-51-50-20-13-15-24-60(50)69-62(47)51)58-37-44(64(4,5)6)38-59-61(58)66(54)55-35-42(40-17-10-9-11-18-40)27-34-56(55)68(59)46-31-32-49-48-19-12-14-23-52(48)65(7,8)53(49)39-46/h9-39H,1-8H3. The molecular weight excluding hydrogens is 836 g/mol. The van der Waals surface area contributed by atoms with Gasteiger partial charge in [0.1, 0.15) is 11.2 Å². The predicted molar refractivity (Wildman–Crippen MR) is 294 cm³/mol. The number of para-hydroxylation sites is 2. The number of nitrogens with zero attached hydrogens (tertiary/aromatic N) is 2. The highest BCUT2D eigenvalue weighted by Gasteiger charge is 2.45. The van der Waals surface area contributed by atoms with Crippen LogP contribution in [0.25, 0.3) is 55.3 Å². The van der Waals surface area contributed by atoms with E-state index in [0.29, 0.717) is 0 Å². The third-order valence-corrected chi connectivity index (χ3v) is 15.6. The summed E-state index contributed by atoms with van der Waals surface area (Å²) >= 11 is 0. The van der Waals surface area contributed by atoms with Gasteiger partial charge < -0.3 is 14.2 Å². The molecule has 0 saturated carbocycles. The normalized spacial score (nSPS) is 14.4. The van der Waals surface area contributed by atoms with Gasteiger partial charge in [-0.15, -0.1) is 0 Å². The third-order valence-electron chi connectivity index (χ3n) is 15.6. The summed E-state index contributed by atoms with van der Waals surface area (Å²) in [7, 11) is 0. The highest BCUT2D eigenvalue weighted by atomic mass is 16.3. The second-order valence-electron chi connectivity index (χ2n) is 22.2. The van der Waals surface area contributed by atoms with Gasteiger partial charge in [0.25, 0.3) is 6.71 Å². The minimum Gasteiger partial charge on any atom is -0.455 e. The summed E-state index contributed by atoms with van der Waals surface area (Å²) in [6.45, 7) is 18.8. The molecule has 0 spiro atoms. The van der Waals surface area contributed by atoms with E-state index in [0.717, 1.165) is 38.8 Å². The van der Waals surface area contributed by atoms with Crippen LogP contribution >= 0.6 is 0 Å². The molecule has 13 rings (SSSR count). The molecular formula is C65H55BN2O. The van der Waals surface area contributed by atoms with Crippen molar-refractivity contribution in [2.75, 3.05) is 9.80 Å².